The molecule has 2 atom stereocenters. The van der Waals surface area contributed by atoms with Gasteiger partial charge >= 0.3 is 0 Å². The topological polar surface area (TPSA) is 102 Å². The second-order valence-electron chi connectivity index (χ2n) is 10.00. The number of aliphatic hydroxyl groups excluding tert-OH is 1. The largest absolute Gasteiger partial charge is 0.390 e. The van der Waals surface area contributed by atoms with Gasteiger partial charge in [-0.05, 0) is 48.4 Å². The molecule has 36 heavy (non-hydrogen) atoms. The highest BCUT2D eigenvalue weighted by Crippen LogP contribution is 2.26. The van der Waals surface area contributed by atoms with Crippen molar-refractivity contribution >= 4 is 29.2 Å². The molecule has 0 aliphatic carbocycles. The van der Waals surface area contributed by atoms with Crippen molar-refractivity contribution in [2.75, 3.05) is 38.0 Å². The Hall–Kier alpha value is -2.75. The highest BCUT2D eigenvalue weighted by molar-refractivity contribution is 6.28. The molecule has 5 rings (SSSR count). The van der Waals surface area contributed by atoms with Gasteiger partial charge in [-0.15, -0.1) is 0 Å². The number of carbonyl (C=O) groups is 2. The van der Waals surface area contributed by atoms with Crippen LogP contribution in [0.4, 0.5) is 5.82 Å². The molecule has 2 aromatic rings. The van der Waals surface area contributed by atoms with Gasteiger partial charge in [-0.2, -0.15) is 0 Å². The molecule has 2 fully saturated rings. The minimum absolute atomic E-state index is 0.00642. The summed E-state index contributed by atoms with van der Waals surface area (Å²) in [5.74, 6) is 0.333. The van der Waals surface area contributed by atoms with Crippen molar-refractivity contribution in [3.63, 3.8) is 0 Å². The summed E-state index contributed by atoms with van der Waals surface area (Å²) in [5, 5.41) is 14.3. The first-order valence-electron chi connectivity index (χ1n) is 12.7. The molecule has 2 unspecified atom stereocenters. The van der Waals surface area contributed by atoms with Crippen molar-refractivity contribution in [1.29, 1.82) is 0 Å². The maximum atomic E-state index is 13.3. The molecule has 0 radical (unpaired) electrons. The summed E-state index contributed by atoms with van der Waals surface area (Å²) in [6.07, 6.45) is 2.64. The van der Waals surface area contributed by atoms with E-state index in [9.17, 15) is 14.7 Å². The van der Waals surface area contributed by atoms with E-state index in [0.717, 1.165) is 32.4 Å². The number of benzene rings is 1. The van der Waals surface area contributed by atoms with Crippen molar-refractivity contribution in [1.82, 2.24) is 24.7 Å². The van der Waals surface area contributed by atoms with Crippen LogP contribution in [-0.4, -0.2) is 92.5 Å². The van der Waals surface area contributed by atoms with Crippen LogP contribution in [0.3, 0.4) is 0 Å². The highest BCUT2D eigenvalue weighted by Gasteiger charge is 2.36. The van der Waals surface area contributed by atoms with Crippen LogP contribution < -0.4 is 5.32 Å². The predicted octanol–water partition coefficient (Wildman–Crippen LogP) is 2.19. The molecule has 2 N–H and O–H groups in total. The lowest BCUT2D eigenvalue weighted by Crippen LogP contribution is -2.56. The molecule has 1 aromatic heterocycles. The average molecular weight is 513 g/mol. The number of hydrogen-bond donors (Lipinski definition) is 2. The summed E-state index contributed by atoms with van der Waals surface area (Å²) in [7, 11) is 0. The quantitative estimate of drug-likeness (QED) is 0.605. The summed E-state index contributed by atoms with van der Waals surface area (Å²) < 4.78 is 0. The first-order chi connectivity index (χ1) is 17.4. The smallest absolute Gasteiger partial charge is 0.272 e. The fourth-order valence-electron chi connectivity index (χ4n) is 5.64. The number of amides is 2. The van der Waals surface area contributed by atoms with E-state index in [4.69, 9.17) is 11.6 Å². The zero-order chi connectivity index (χ0) is 25.2. The molecule has 1 aromatic carbocycles. The molecule has 192 valence electrons. The van der Waals surface area contributed by atoms with E-state index in [1.807, 2.05) is 4.90 Å². The Morgan fingerprint density at radius 3 is 2.47 bits per heavy atom. The standard InChI is InChI=1S/C26H33ClN6O3/c1-17(34)31-11-7-20(8-12-31)28-24-14-21(29-26(27)30-24)25(36)33-13-9-22(23(35)16-33)32-10-6-18-4-2-3-5-19(18)15-32/h2-5,14,20,22-23,35H,6-13,15-16H2,1H3,(H,28,29,30). The summed E-state index contributed by atoms with van der Waals surface area (Å²) in [5.41, 5.74) is 2.92. The Morgan fingerprint density at radius 1 is 1.03 bits per heavy atom. The molecule has 4 heterocycles. The van der Waals surface area contributed by atoms with Crippen LogP contribution in [0.15, 0.2) is 30.3 Å². The maximum Gasteiger partial charge on any atom is 0.272 e. The second-order valence-corrected chi connectivity index (χ2v) is 10.3. The zero-order valence-electron chi connectivity index (χ0n) is 20.6. The molecule has 3 aliphatic rings. The first kappa shape index (κ1) is 24.9. The van der Waals surface area contributed by atoms with Gasteiger partial charge in [0.05, 0.1) is 6.10 Å². The van der Waals surface area contributed by atoms with Gasteiger partial charge in [-0.3, -0.25) is 14.5 Å². The highest BCUT2D eigenvalue weighted by atomic mass is 35.5. The van der Waals surface area contributed by atoms with Gasteiger partial charge in [0.1, 0.15) is 11.5 Å². The second kappa shape index (κ2) is 10.7. The van der Waals surface area contributed by atoms with Gasteiger partial charge in [-0.1, -0.05) is 24.3 Å². The normalized spacial score (nSPS) is 23.3. The fraction of sp³-hybridized carbons (Fsp3) is 0.538. The Balaban J connectivity index is 1.20. The lowest BCUT2D eigenvalue weighted by atomic mass is 9.94. The summed E-state index contributed by atoms with van der Waals surface area (Å²) in [4.78, 5) is 39.1. The molecular formula is C26H33ClN6O3. The summed E-state index contributed by atoms with van der Waals surface area (Å²) >= 11 is 6.17. The number of hydrogen-bond acceptors (Lipinski definition) is 7. The molecule has 3 aliphatic heterocycles. The molecule has 0 saturated carbocycles. The minimum atomic E-state index is -0.630. The van der Waals surface area contributed by atoms with Crippen molar-refractivity contribution in [3.8, 4) is 0 Å². The number of likely N-dealkylation sites (tertiary alicyclic amines) is 2. The van der Waals surface area contributed by atoms with E-state index in [1.54, 1.807) is 17.9 Å². The molecule has 2 amide bonds. The third-order valence-corrected chi connectivity index (χ3v) is 7.84. The van der Waals surface area contributed by atoms with Gasteiger partial charge in [0.25, 0.3) is 5.91 Å². The monoisotopic (exact) mass is 512 g/mol. The van der Waals surface area contributed by atoms with Gasteiger partial charge < -0.3 is 20.2 Å². The number of rotatable bonds is 4. The van der Waals surface area contributed by atoms with Crippen LogP contribution in [0.5, 0.6) is 0 Å². The molecule has 10 heteroatoms. The number of nitrogens with zero attached hydrogens (tertiary/aromatic N) is 5. The molecular weight excluding hydrogens is 480 g/mol. The van der Waals surface area contributed by atoms with Gasteiger partial charge in [0.2, 0.25) is 11.2 Å². The molecule has 9 nitrogen and oxygen atoms in total. The number of fused-ring (bicyclic) bond motifs is 1. The van der Waals surface area contributed by atoms with E-state index < -0.39 is 6.10 Å². The van der Waals surface area contributed by atoms with Crippen molar-refractivity contribution < 1.29 is 14.7 Å². The number of carbonyl (C=O) groups excluding carboxylic acids is 2. The fourth-order valence-corrected chi connectivity index (χ4v) is 5.82. The number of piperidine rings is 2. The van der Waals surface area contributed by atoms with Crippen LogP contribution >= 0.6 is 11.6 Å². The van der Waals surface area contributed by atoms with Crippen molar-refractivity contribution in [2.45, 2.75) is 57.3 Å². The van der Waals surface area contributed by atoms with Gasteiger partial charge in [0.15, 0.2) is 0 Å². The lowest BCUT2D eigenvalue weighted by Gasteiger charge is -2.43. The van der Waals surface area contributed by atoms with Crippen LogP contribution in [-0.2, 0) is 17.8 Å². The Bertz CT molecular complexity index is 1120. The predicted molar refractivity (Wildman–Crippen MR) is 137 cm³/mol. The number of nitrogens with one attached hydrogen (secondary N) is 1. The van der Waals surface area contributed by atoms with E-state index in [1.165, 1.54) is 11.1 Å². The van der Waals surface area contributed by atoms with Crippen molar-refractivity contribution in [3.05, 3.63) is 52.4 Å². The number of anilines is 1. The minimum Gasteiger partial charge on any atom is -0.390 e. The molecule has 0 bridgehead atoms. The average Bonchev–Trinajstić information content (AvgIpc) is 2.88. The Morgan fingerprint density at radius 2 is 1.75 bits per heavy atom. The lowest BCUT2D eigenvalue weighted by molar-refractivity contribution is -0.129. The SMILES string of the molecule is CC(=O)N1CCC(Nc2cc(C(=O)N3CCC(N4CCc5ccccc5C4)C(O)C3)nc(Cl)n2)CC1. The summed E-state index contributed by atoms with van der Waals surface area (Å²) in [6.45, 7) is 5.51. The maximum absolute atomic E-state index is 13.3. The number of aromatic nitrogens is 2. The van der Waals surface area contributed by atoms with Gasteiger partial charge in [-0.25, -0.2) is 9.97 Å². The zero-order valence-corrected chi connectivity index (χ0v) is 21.3. The van der Waals surface area contributed by atoms with E-state index in [2.05, 4.69) is 44.5 Å². The molecule has 0 spiro atoms. The van der Waals surface area contributed by atoms with Crippen molar-refractivity contribution in [2.24, 2.45) is 0 Å². The molecule has 2 saturated heterocycles. The Labute approximate surface area is 216 Å². The van der Waals surface area contributed by atoms with E-state index in [-0.39, 0.29) is 41.4 Å². The number of aliphatic hydroxyl groups is 1. The van der Waals surface area contributed by atoms with Crippen LogP contribution in [0.2, 0.25) is 5.28 Å². The van der Waals surface area contributed by atoms with E-state index >= 15 is 0 Å². The van der Waals surface area contributed by atoms with Gasteiger partial charge in [0, 0.05) is 64.3 Å². The van der Waals surface area contributed by atoms with Crippen LogP contribution in [0, 0.1) is 0 Å². The first-order valence-corrected chi connectivity index (χ1v) is 13.1. The Kier molecular flexibility index (Phi) is 7.41. The third kappa shape index (κ3) is 5.48. The van der Waals surface area contributed by atoms with Crippen LogP contribution in [0.1, 0.15) is 47.8 Å². The third-order valence-electron chi connectivity index (χ3n) is 7.67. The number of halogens is 1. The summed E-state index contributed by atoms with van der Waals surface area (Å²) in [6, 6.07) is 10.3. The number of β-amino-alcohol motifs (C(OH)–C–C–N with tert-alkyl or cyclic N) is 1. The van der Waals surface area contributed by atoms with Crippen LogP contribution in [0.25, 0.3) is 0 Å². The van der Waals surface area contributed by atoms with E-state index in [0.29, 0.717) is 31.9 Å².